The smallest absolute Gasteiger partial charge is 0.273 e. The number of rotatable bonds is 6. The van der Waals surface area contributed by atoms with E-state index in [1.807, 2.05) is 32.2 Å². The van der Waals surface area contributed by atoms with Gasteiger partial charge in [-0.3, -0.25) is 9.78 Å². The predicted molar refractivity (Wildman–Crippen MR) is 136 cm³/mol. The number of hydrogen-bond donors (Lipinski definition) is 2. The van der Waals surface area contributed by atoms with Crippen LogP contribution in [0.1, 0.15) is 67.6 Å². The number of allylic oxidation sites excluding steroid dienone is 1. The molecule has 3 aromatic rings. The van der Waals surface area contributed by atoms with Gasteiger partial charge in [-0.05, 0) is 82.6 Å². The van der Waals surface area contributed by atoms with E-state index in [4.69, 9.17) is 16.3 Å². The van der Waals surface area contributed by atoms with E-state index in [-0.39, 0.29) is 35.0 Å². The summed E-state index contributed by atoms with van der Waals surface area (Å²) in [6.45, 7) is 8.92. The molecule has 0 aromatic carbocycles. The van der Waals surface area contributed by atoms with Crippen LogP contribution in [0.3, 0.4) is 0 Å². The first-order chi connectivity index (χ1) is 16.9. The van der Waals surface area contributed by atoms with Crippen LogP contribution >= 0.6 is 11.6 Å². The second-order valence-corrected chi connectivity index (χ2v) is 10.1. The number of nitrogens with one attached hydrogen (secondary N) is 1. The second kappa shape index (κ2) is 10.0. The minimum Gasteiger partial charge on any atom is -0.485 e. The van der Waals surface area contributed by atoms with Gasteiger partial charge in [0.1, 0.15) is 23.0 Å². The van der Waals surface area contributed by atoms with E-state index in [1.54, 1.807) is 43.5 Å². The summed E-state index contributed by atoms with van der Waals surface area (Å²) in [7, 11) is 0. The largest absolute Gasteiger partial charge is 0.485 e. The van der Waals surface area contributed by atoms with Crippen molar-refractivity contribution in [2.24, 2.45) is 0 Å². The molecule has 9 heteroatoms. The summed E-state index contributed by atoms with van der Waals surface area (Å²) >= 11 is 6.46. The minimum atomic E-state index is -1.06. The van der Waals surface area contributed by atoms with Crippen LogP contribution < -0.4 is 15.6 Å². The number of pyridine rings is 3. The molecule has 0 unspecified atom stereocenters. The van der Waals surface area contributed by atoms with Gasteiger partial charge in [-0.25, -0.2) is 4.98 Å². The highest BCUT2D eigenvalue weighted by Crippen LogP contribution is 2.35. The Balaban J connectivity index is 1.61. The minimum absolute atomic E-state index is 0.0151. The Morgan fingerprint density at radius 3 is 2.67 bits per heavy atom. The highest BCUT2D eigenvalue weighted by molar-refractivity contribution is 6.31. The molecule has 1 aliphatic heterocycles. The molecule has 0 radical (unpaired) electrons. The van der Waals surface area contributed by atoms with Gasteiger partial charge < -0.3 is 19.7 Å². The second-order valence-electron chi connectivity index (χ2n) is 9.75. The third-order valence-electron chi connectivity index (χ3n) is 6.27. The average molecular weight is 513 g/mol. The molecule has 2 atom stereocenters. The lowest BCUT2D eigenvalue weighted by Crippen LogP contribution is -2.34. The topological polar surface area (TPSA) is 89.3 Å². The van der Waals surface area contributed by atoms with Crippen molar-refractivity contribution in [1.82, 2.24) is 19.9 Å². The van der Waals surface area contributed by atoms with Crippen LogP contribution in [-0.4, -0.2) is 19.6 Å². The Morgan fingerprint density at radius 1 is 1.22 bits per heavy atom. The van der Waals surface area contributed by atoms with Crippen molar-refractivity contribution in [2.45, 2.75) is 65.3 Å². The molecule has 0 aliphatic carbocycles. The van der Waals surface area contributed by atoms with Crippen molar-refractivity contribution in [3.8, 4) is 5.75 Å². The summed E-state index contributed by atoms with van der Waals surface area (Å²) in [5, 5.41) is 13.7. The fraction of sp³-hybridized carbons (Fsp3) is 0.370. The molecule has 1 aliphatic rings. The van der Waals surface area contributed by atoms with E-state index in [9.17, 15) is 14.3 Å². The van der Waals surface area contributed by atoms with E-state index >= 15 is 0 Å². The summed E-state index contributed by atoms with van der Waals surface area (Å²) in [6.07, 6.45) is 2.45. The molecule has 190 valence electrons. The summed E-state index contributed by atoms with van der Waals surface area (Å²) < 4.78 is 21.0. The van der Waals surface area contributed by atoms with Gasteiger partial charge in [-0.2, -0.15) is 4.39 Å². The van der Waals surface area contributed by atoms with Gasteiger partial charge in [0.25, 0.3) is 5.56 Å². The molecule has 2 N–H and O–H groups in total. The van der Waals surface area contributed by atoms with Gasteiger partial charge in [-0.15, -0.1) is 0 Å². The number of ether oxygens (including phenoxy) is 1. The van der Waals surface area contributed by atoms with Crippen LogP contribution in [-0.2, 0) is 12.2 Å². The van der Waals surface area contributed by atoms with E-state index in [0.717, 1.165) is 16.8 Å². The number of aromatic nitrogens is 3. The number of hydrogen-bond acceptors (Lipinski definition) is 6. The van der Waals surface area contributed by atoms with Crippen LogP contribution in [0.2, 0.25) is 5.02 Å². The third kappa shape index (κ3) is 5.44. The van der Waals surface area contributed by atoms with Crippen LogP contribution in [0, 0.1) is 19.8 Å². The van der Waals surface area contributed by atoms with Crippen molar-refractivity contribution < 1.29 is 14.2 Å². The van der Waals surface area contributed by atoms with Gasteiger partial charge in [0, 0.05) is 11.8 Å². The first-order valence-corrected chi connectivity index (χ1v) is 12.1. The highest BCUT2D eigenvalue weighted by atomic mass is 35.5. The van der Waals surface area contributed by atoms with Crippen molar-refractivity contribution in [1.29, 1.82) is 0 Å². The summed E-state index contributed by atoms with van der Waals surface area (Å²) in [5.41, 5.74) is 2.70. The first-order valence-electron chi connectivity index (χ1n) is 11.7. The lowest BCUT2D eigenvalue weighted by molar-refractivity contribution is 0.0735. The van der Waals surface area contributed by atoms with Crippen molar-refractivity contribution >= 4 is 11.6 Å². The lowest BCUT2D eigenvalue weighted by Gasteiger charge is -2.32. The van der Waals surface area contributed by atoms with Gasteiger partial charge in [-0.1, -0.05) is 17.7 Å². The molecule has 0 fully saturated rings. The molecule has 0 saturated heterocycles. The van der Waals surface area contributed by atoms with Crippen LogP contribution in [0.15, 0.2) is 53.0 Å². The zero-order valence-electron chi connectivity index (χ0n) is 21.0. The molecule has 3 aromatic heterocycles. The molecule has 4 rings (SSSR count). The molecule has 4 heterocycles. The van der Waals surface area contributed by atoms with Gasteiger partial charge >= 0.3 is 0 Å². The maximum Gasteiger partial charge on any atom is 0.273 e. The molecule has 0 spiro atoms. The molecule has 0 amide bonds. The normalized spacial score (nSPS) is 17.9. The van der Waals surface area contributed by atoms with E-state index < -0.39 is 11.5 Å². The molecular formula is C27H30ClFN4O3. The Labute approximate surface area is 214 Å². The summed E-state index contributed by atoms with van der Waals surface area (Å²) in [5.74, 6) is -0.359. The maximum atomic E-state index is 13.6. The molecule has 36 heavy (non-hydrogen) atoms. The highest BCUT2D eigenvalue weighted by Gasteiger charge is 2.29. The fourth-order valence-corrected chi connectivity index (χ4v) is 4.61. The van der Waals surface area contributed by atoms with Crippen LogP contribution in [0.5, 0.6) is 5.75 Å². The monoisotopic (exact) mass is 512 g/mol. The molecular weight excluding hydrogens is 483 g/mol. The zero-order chi connectivity index (χ0) is 26.2. The van der Waals surface area contributed by atoms with Gasteiger partial charge in [0.15, 0.2) is 0 Å². The SMILES string of the molecule is CC1=CN[C@@H](c2cccc(C(C)(C)O)n2)C[C@H]1n1c(C)cc(OCc2cc(C)cc(F)n2)c(Cl)c1=O. The molecule has 7 nitrogen and oxygen atoms in total. The Bertz CT molecular complexity index is 1360. The Hall–Kier alpha value is -3.23. The van der Waals surface area contributed by atoms with Gasteiger partial charge in [0.2, 0.25) is 5.95 Å². The average Bonchev–Trinajstić information content (AvgIpc) is 2.80. The summed E-state index contributed by atoms with van der Waals surface area (Å²) in [4.78, 5) is 21.9. The van der Waals surface area contributed by atoms with Crippen LogP contribution in [0.25, 0.3) is 0 Å². The summed E-state index contributed by atoms with van der Waals surface area (Å²) in [6, 6.07) is 9.91. The molecule has 0 bridgehead atoms. The zero-order valence-corrected chi connectivity index (χ0v) is 21.7. The van der Waals surface area contributed by atoms with Crippen molar-refractivity contribution in [3.05, 3.63) is 97.8 Å². The number of halogens is 2. The van der Waals surface area contributed by atoms with Gasteiger partial charge in [0.05, 0.1) is 29.2 Å². The quantitative estimate of drug-likeness (QED) is 0.450. The Morgan fingerprint density at radius 2 is 1.97 bits per heavy atom. The predicted octanol–water partition coefficient (Wildman–Crippen LogP) is 5.03. The van der Waals surface area contributed by atoms with Crippen molar-refractivity contribution in [3.63, 3.8) is 0 Å². The number of aliphatic hydroxyl groups is 1. The Kier molecular flexibility index (Phi) is 7.20. The molecule has 0 saturated carbocycles. The number of nitrogens with zero attached hydrogens (tertiary/aromatic N) is 3. The van der Waals surface area contributed by atoms with E-state index in [2.05, 4.69) is 15.3 Å². The number of aryl methyl sites for hydroxylation is 2. The first kappa shape index (κ1) is 25.9. The fourth-order valence-electron chi connectivity index (χ4n) is 4.41. The maximum absolute atomic E-state index is 13.6. The van der Waals surface area contributed by atoms with E-state index in [0.29, 0.717) is 23.5 Å². The lowest BCUT2D eigenvalue weighted by atomic mass is 9.93. The van der Waals surface area contributed by atoms with E-state index in [1.165, 1.54) is 6.07 Å². The van der Waals surface area contributed by atoms with Crippen LogP contribution in [0.4, 0.5) is 4.39 Å². The van der Waals surface area contributed by atoms with Crippen molar-refractivity contribution in [2.75, 3.05) is 0 Å². The standard InChI is InChI=1S/C27H30ClFN4O3/c1-15-9-18(31-24(29)10-15)14-36-22-11-17(3)33(26(34)25(22)28)21-12-20(30-13-16(21)2)19-7-6-8-23(32-19)27(4,5)35/h6-11,13,20-21,30,35H,12,14H2,1-5H3/t20-,21-/m1/s1. The third-order valence-corrected chi connectivity index (χ3v) is 6.62.